The summed E-state index contributed by atoms with van der Waals surface area (Å²) < 4.78 is 10.6. The van der Waals surface area contributed by atoms with Crippen LogP contribution in [0.1, 0.15) is 80.6 Å². The Morgan fingerprint density at radius 1 is 0.933 bits per heavy atom. The molecule has 1 aliphatic carbocycles. The summed E-state index contributed by atoms with van der Waals surface area (Å²) in [7, 11) is 0. The van der Waals surface area contributed by atoms with Crippen LogP contribution < -0.4 is 0 Å². The van der Waals surface area contributed by atoms with Gasteiger partial charge < -0.3 is 19.7 Å². The number of hydrogen-bond donors (Lipinski definition) is 2. The lowest BCUT2D eigenvalue weighted by atomic mass is 9.61. The van der Waals surface area contributed by atoms with E-state index < -0.39 is 35.3 Å². The molecule has 0 amide bonds. The van der Waals surface area contributed by atoms with Crippen LogP contribution in [0.3, 0.4) is 0 Å². The van der Waals surface area contributed by atoms with E-state index >= 15 is 0 Å². The molecule has 0 aromatic carbocycles. The number of aliphatic hydroxyl groups excluding tert-OH is 1. The predicted octanol–water partition coefficient (Wildman–Crippen LogP) is 3.81. The van der Waals surface area contributed by atoms with Gasteiger partial charge in [-0.05, 0) is 43.4 Å². The summed E-state index contributed by atoms with van der Waals surface area (Å²) in [5.74, 6) is -2.77. The standard InChI is InChI=1S/C23H40O7/c1-21(2,3)14-23(7,22(4,5)6)20(28)30-13-17(24)12-29-19(27)16-10-8-9-15(11-16)18(25)26/h15-17,24H,8-14H2,1-7H3,(H,25,26). The quantitative estimate of drug-likeness (QED) is 0.566. The van der Waals surface area contributed by atoms with E-state index in [1.807, 2.05) is 27.7 Å². The molecule has 0 aliphatic heterocycles. The van der Waals surface area contributed by atoms with Crippen molar-refractivity contribution in [3.05, 3.63) is 0 Å². The number of carboxylic acids is 1. The van der Waals surface area contributed by atoms with Crippen LogP contribution in [0.5, 0.6) is 0 Å². The Kier molecular flexibility index (Phi) is 8.91. The van der Waals surface area contributed by atoms with Gasteiger partial charge in [0.1, 0.15) is 19.3 Å². The van der Waals surface area contributed by atoms with Crippen LogP contribution in [0, 0.1) is 28.1 Å². The van der Waals surface area contributed by atoms with Crippen molar-refractivity contribution in [2.75, 3.05) is 13.2 Å². The summed E-state index contributed by atoms with van der Waals surface area (Å²) >= 11 is 0. The number of rotatable bonds is 8. The Morgan fingerprint density at radius 2 is 1.47 bits per heavy atom. The van der Waals surface area contributed by atoms with E-state index in [4.69, 9.17) is 14.6 Å². The molecule has 0 radical (unpaired) electrons. The Labute approximate surface area is 180 Å². The second-order valence-corrected chi connectivity index (χ2v) is 11.1. The molecule has 7 nitrogen and oxygen atoms in total. The van der Waals surface area contributed by atoms with Crippen LogP contribution in [0.15, 0.2) is 0 Å². The van der Waals surface area contributed by atoms with Crippen molar-refractivity contribution in [3.63, 3.8) is 0 Å². The molecule has 174 valence electrons. The Bertz CT molecular complexity index is 614. The molecule has 1 rings (SSSR count). The van der Waals surface area contributed by atoms with Gasteiger partial charge in [-0.3, -0.25) is 14.4 Å². The molecule has 1 saturated carbocycles. The van der Waals surface area contributed by atoms with Crippen LogP contribution >= 0.6 is 0 Å². The number of carbonyl (C=O) groups is 3. The van der Waals surface area contributed by atoms with Gasteiger partial charge in [0, 0.05) is 0 Å². The predicted molar refractivity (Wildman–Crippen MR) is 113 cm³/mol. The number of aliphatic carboxylic acids is 1. The van der Waals surface area contributed by atoms with E-state index in [1.54, 1.807) is 0 Å². The van der Waals surface area contributed by atoms with E-state index in [2.05, 4.69) is 20.8 Å². The van der Waals surface area contributed by atoms with Gasteiger partial charge in [-0.2, -0.15) is 0 Å². The zero-order valence-electron chi connectivity index (χ0n) is 19.6. The van der Waals surface area contributed by atoms with Crippen LogP contribution in [-0.2, 0) is 23.9 Å². The van der Waals surface area contributed by atoms with Gasteiger partial charge in [-0.25, -0.2) is 0 Å². The number of carbonyl (C=O) groups excluding carboxylic acids is 2. The summed E-state index contributed by atoms with van der Waals surface area (Å²) in [4.78, 5) is 36.2. The summed E-state index contributed by atoms with van der Waals surface area (Å²) in [5, 5.41) is 19.3. The Morgan fingerprint density at radius 3 is 1.97 bits per heavy atom. The molecule has 4 unspecified atom stereocenters. The highest BCUT2D eigenvalue weighted by Gasteiger charge is 2.47. The van der Waals surface area contributed by atoms with Crippen LogP contribution in [-0.4, -0.2) is 47.4 Å². The third-order valence-corrected chi connectivity index (χ3v) is 6.17. The molecular weight excluding hydrogens is 388 g/mol. The van der Waals surface area contributed by atoms with Crippen molar-refractivity contribution >= 4 is 17.9 Å². The molecule has 0 saturated heterocycles. The topological polar surface area (TPSA) is 110 Å². The summed E-state index contributed by atoms with van der Waals surface area (Å²) in [6.45, 7) is 13.5. The highest BCUT2D eigenvalue weighted by atomic mass is 16.6. The van der Waals surface area contributed by atoms with Crippen LogP contribution in [0.2, 0.25) is 0 Å². The molecule has 1 fully saturated rings. The van der Waals surface area contributed by atoms with E-state index in [9.17, 15) is 19.5 Å². The van der Waals surface area contributed by atoms with Gasteiger partial charge >= 0.3 is 17.9 Å². The average Bonchev–Trinajstić information content (AvgIpc) is 2.61. The number of aliphatic hydroxyl groups is 1. The van der Waals surface area contributed by atoms with Gasteiger partial charge in [0.15, 0.2) is 0 Å². The molecule has 4 atom stereocenters. The maximum Gasteiger partial charge on any atom is 0.312 e. The number of carboxylic acid groups (broad SMARTS) is 1. The van der Waals surface area contributed by atoms with Gasteiger partial charge in [0.05, 0.1) is 17.3 Å². The molecule has 0 bridgehead atoms. The molecule has 1 aliphatic rings. The first-order valence-corrected chi connectivity index (χ1v) is 10.8. The fraction of sp³-hybridized carbons (Fsp3) is 0.870. The van der Waals surface area contributed by atoms with E-state index in [0.717, 1.165) is 0 Å². The van der Waals surface area contributed by atoms with Crippen molar-refractivity contribution in [1.82, 2.24) is 0 Å². The number of ether oxygens (including phenoxy) is 2. The van der Waals surface area contributed by atoms with Gasteiger partial charge in [-0.15, -0.1) is 0 Å². The minimum absolute atomic E-state index is 0.0804. The third-order valence-electron chi connectivity index (χ3n) is 6.17. The van der Waals surface area contributed by atoms with Crippen molar-refractivity contribution in [1.29, 1.82) is 0 Å². The van der Waals surface area contributed by atoms with Crippen LogP contribution in [0.4, 0.5) is 0 Å². The number of esters is 2. The van der Waals surface area contributed by atoms with Crippen molar-refractivity contribution < 1.29 is 34.1 Å². The Balaban J connectivity index is 2.56. The highest BCUT2D eigenvalue weighted by molar-refractivity contribution is 5.77. The number of hydrogen-bond acceptors (Lipinski definition) is 6. The first kappa shape index (κ1) is 26.4. The second kappa shape index (κ2) is 10.1. The normalized spacial score (nSPS) is 23.2. The third kappa shape index (κ3) is 7.56. The highest BCUT2D eigenvalue weighted by Crippen LogP contribution is 2.47. The molecule has 2 N–H and O–H groups in total. The monoisotopic (exact) mass is 428 g/mol. The lowest BCUT2D eigenvalue weighted by Crippen LogP contribution is -2.45. The van der Waals surface area contributed by atoms with E-state index in [0.29, 0.717) is 25.7 Å². The average molecular weight is 429 g/mol. The lowest BCUT2D eigenvalue weighted by molar-refractivity contribution is -0.170. The van der Waals surface area contributed by atoms with Crippen LogP contribution in [0.25, 0.3) is 0 Å². The SMILES string of the molecule is CC(C)(C)CC(C)(C(=O)OCC(O)COC(=O)C1CCCC(C(=O)O)C1)C(C)(C)C. The fourth-order valence-electron chi connectivity index (χ4n) is 4.01. The summed E-state index contributed by atoms with van der Waals surface area (Å²) in [5.41, 5.74) is -1.16. The Hall–Kier alpha value is -1.63. The van der Waals surface area contributed by atoms with Gasteiger partial charge in [0.2, 0.25) is 0 Å². The lowest BCUT2D eigenvalue weighted by Gasteiger charge is -2.43. The zero-order valence-corrected chi connectivity index (χ0v) is 19.6. The molecule has 0 aromatic heterocycles. The smallest absolute Gasteiger partial charge is 0.312 e. The summed E-state index contributed by atoms with van der Waals surface area (Å²) in [6, 6.07) is 0. The zero-order chi connectivity index (χ0) is 23.3. The minimum Gasteiger partial charge on any atom is -0.481 e. The van der Waals surface area contributed by atoms with Gasteiger partial charge in [0.25, 0.3) is 0 Å². The fourth-order valence-corrected chi connectivity index (χ4v) is 4.01. The van der Waals surface area contributed by atoms with E-state index in [-0.39, 0.29) is 36.4 Å². The molecule has 0 heterocycles. The van der Waals surface area contributed by atoms with Crippen molar-refractivity contribution in [2.45, 2.75) is 86.7 Å². The molecule has 7 heteroatoms. The van der Waals surface area contributed by atoms with E-state index in [1.165, 1.54) is 0 Å². The maximum absolute atomic E-state index is 12.9. The van der Waals surface area contributed by atoms with Crippen molar-refractivity contribution in [2.24, 2.45) is 28.1 Å². The second-order valence-electron chi connectivity index (χ2n) is 11.1. The first-order valence-electron chi connectivity index (χ1n) is 10.8. The molecule has 0 aromatic rings. The minimum atomic E-state index is -1.13. The largest absolute Gasteiger partial charge is 0.481 e. The summed E-state index contributed by atoms with van der Waals surface area (Å²) in [6.07, 6.45) is 1.57. The van der Waals surface area contributed by atoms with Gasteiger partial charge in [-0.1, -0.05) is 48.0 Å². The maximum atomic E-state index is 12.9. The molecular formula is C23H40O7. The first-order chi connectivity index (χ1) is 13.6. The molecule has 30 heavy (non-hydrogen) atoms. The molecule has 0 spiro atoms. The van der Waals surface area contributed by atoms with Crippen molar-refractivity contribution in [3.8, 4) is 0 Å².